The highest BCUT2D eigenvalue weighted by molar-refractivity contribution is 5.94. The van der Waals surface area contributed by atoms with E-state index in [0.717, 1.165) is 13.1 Å². The molecule has 0 atom stereocenters. The minimum atomic E-state index is -0.584. The van der Waals surface area contributed by atoms with Gasteiger partial charge in [0.1, 0.15) is 0 Å². The summed E-state index contributed by atoms with van der Waals surface area (Å²) in [6.07, 6.45) is 1.25. The molecule has 1 aliphatic heterocycles. The van der Waals surface area contributed by atoms with Crippen LogP contribution in [-0.4, -0.2) is 46.9 Å². The zero-order valence-electron chi connectivity index (χ0n) is 9.13. The number of carbonyl (C=O) groups is 1. The molecule has 17 heavy (non-hydrogen) atoms. The first-order valence-corrected chi connectivity index (χ1v) is 5.29. The predicted molar refractivity (Wildman–Crippen MR) is 59.7 cm³/mol. The average Bonchev–Trinajstić information content (AvgIpc) is 2.39. The highest BCUT2D eigenvalue weighted by atomic mass is 16.6. The zero-order valence-corrected chi connectivity index (χ0v) is 9.13. The van der Waals surface area contributed by atoms with Gasteiger partial charge in [0.05, 0.1) is 5.56 Å². The molecule has 0 spiro atoms. The minimum absolute atomic E-state index is 0.131. The Labute approximate surface area is 97.6 Å². The van der Waals surface area contributed by atoms with Crippen molar-refractivity contribution in [1.82, 2.24) is 15.2 Å². The second-order valence-electron chi connectivity index (χ2n) is 3.70. The van der Waals surface area contributed by atoms with Crippen molar-refractivity contribution in [1.29, 1.82) is 0 Å². The van der Waals surface area contributed by atoms with E-state index in [1.165, 1.54) is 18.3 Å². The first kappa shape index (κ1) is 11.5. The van der Waals surface area contributed by atoms with E-state index in [0.29, 0.717) is 18.7 Å². The van der Waals surface area contributed by atoms with Gasteiger partial charge < -0.3 is 20.3 Å². The lowest BCUT2D eigenvalue weighted by atomic mass is 10.2. The van der Waals surface area contributed by atoms with Gasteiger partial charge in [0, 0.05) is 32.2 Å². The largest absolute Gasteiger partial charge is 0.363 e. The number of hydrogen-bond donors (Lipinski definition) is 1. The zero-order chi connectivity index (χ0) is 12.3. The molecule has 1 saturated heterocycles. The third kappa shape index (κ3) is 2.56. The van der Waals surface area contributed by atoms with Crippen LogP contribution in [0.1, 0.15) is 10.4 Å². The van der Waals surface area contributed by atoms with Crippen LogP contribution < -0.4 is 5.32 Å². The van der Waals surface area contributed by atoms with Gasteiger partial charge in [-0.1, -0.05) is 0 Å². The number of nitrogens with zero attached hydrogens (tertiary/aromatic N) is 3. The van der Waals surface area contributed by atoms with Crippen molar-refractivity contribution in [2.24, 2.45) is 0 Å². The van der Waals surface area contributed by atoms with E-state index in [-0.39, 0.29) is 11.7 Å². The topological polar surface area (TPSA) is 88.4 Å². The molecule has 0 aliphatic carbocycles. The molecule has 0 aromatic carbocycles. The number of piperazine rings is 1. The Kier molecular flexibility index (Phi) is 3.29. The third-order valence-electron chi connectivity index (χ3n) is 2.59. The molecule has 7 nitrogen and oxygen atoms in total. The maximum Gasteiger partial charge on any atom is 0.363 e. The van der Waals surface area contributed by atoms with Crippen molar-refractivity contribution in [3.8, 4) is 0 Å². The number of rotatable bonds is 2. The number of nitrogens with one attached hydrogen (secondary N) is 1. The number of amides is 1. The Bertz CT molecular complexity index is 426. The van der Waals surface area contributed by atoms with Crippen LogP contribution >= 0.6 is 0 Å². The summed E-state index contributed by atoms with van der Waals surface area (Å²) in [5, 5.41) is 13.6. The van der Waals surface area contributed by atoms with Crippen molar-refractivity contribution < 1.29 is 9.72 Å². The third-order valence-corrected chi connectivity index (χ3v) is 2.59. The lowest BCUT2D eigenvalue weighted by Crippen LogP contribution is -2.46. The van der Waals surface area contributed by atoms with Crippen LogP contribution in [0.2, 0.25) is 0 Å². The molecule has 0 saturated carbocycles. The molecule has 1 amide bonds. The molecule has 0 bridgehead atoms. The summed E-state index contributed by atoms with van der Waals surface area (Å²) in [6.45, 7) is 2.84. The van der Waals surface area contributed by atoms with E-state index in [9.17, 15) is 14.9 Å². The molecular weight excluding hydrogens is 224 g/mol. The molecule has 1 aromatic heterocycles. The molecule has 1 aromatic rings. The van der Waals surface area contributed by atoms with E-state index >= 15 is 0 Å². The molecule has 1 aliphatic rings. The molecule has 0 unspecified atom stereocenters. The SMILES string of the molecule is O=C(c1ccc([N+](=O)[O-])nc1)N1CCNCC1. The van der Waals surface area contributed by atoms with Gasteiger partial charge in [-0.2, -0.15) is 0 Å². The van der Waals surface area contributed by atoms with E-state index in [4.69, 9.17) is 0 Å². The summed E-state index contributed by atoms with van der Waals surface area (Å²) in [5.74, 6) is -0.379. The Morgan fingerprint density at radius 1 is 1.41 bits per heavy atom. The summed E-state index contributed by atoms with van der Waals surface area (Å²) in [7, 11) is 0. The molecule has 1 N–H and O–H groups in total. The van der Waals surface area contributed by atoms with Crippen molar-refractivity contribution in [2.75, 3.05) is 26.2 Å². The smallest absolute Gasteiger partial charge is 0.358 e. The van der Waals surface area contributed by atoms with Crippen molar-refractivity contribution >= 4 is 11.7 Å². The molecular formula is C10H12N4O3. The molecule has 7 heteroatoms. The van der Waals surface area contributed by atoms with E-state index in [1.54, 1.807) is 4.90 Å². The molecule has 2 rings (SSSR count). The van der Waals surface area contributed by atoms with Crippen LogP contribution in [0.15, 0.2) is 18.3 Å². The Morgan fingerprint density at radius 2 is 2.12 bits per heavy atom. The van der Waals surface area contributed by atoms with Crippen molar-refractivity contribution in [3.63, 3.8) is 0 Å². The average molecular weight is 236 g/mol. The Morgan fingerprint density at radius 3 is 2.65 bits per heavy atom. The first-order valence-electron chi connectivity index (χ1n) is 5.29. The second-order valence-corrected chi connectivity index (χ2v) is 3.70. The van der Waals surface area contributed by atoms with Gasteiger partial charge in [0.2, 0.25) is 0 Å². The predicted octanol–water partition coefficient (Wildman–Crippen LogP) is 0.0352. The number of aromatic nitrogens is 1. The second kappa shape index (κ2) is 4.88. The fourth-order valence-corrected chi connectivity index (χ4v) is 1.67. The molecule has 2 heterocycles. The summed E-state index contributed by atoms with van der Waals surface area (Å²) in [4.78, 5) is 27.1. The standard InChI is InChI=1S/C10H12N4O3/c15-10(13-5-3-11-4-6-13)8-1-2-9(12-7-8)14(16)17/h1-2,7,11H,3-6H2. The molecule has 0 radical (unpaired) electrons. The van der Waals surface area contributed by atoms with Gasteiger partial charge in [-0.15, -0.1) is 0 Å². The molecule has 1 fully saturated rings. The number of carbonyl (C=O) groups excluding carboxylic acids is 1. The van der Waals surface area contributed by atoms with Gasteiger partial charge in [0.25, 0.3) is 5.91 Å². The lowest BCUT2D eigenvalue weighted by molar-refractivity contribution is -0.389. The monoisotopic (exact) mass is 236 g/mol. The van der Waals surface area contributed by atoms with Crippen molar-refractivity contribution in [2.45, 2.75) is 0 Å². The quantitative estimate of drug-likeness (QED) is 0.578. The highest BCUT2D eigenvalue weighted by Gasteiger charge is 2.19. The lowest BCUT2D eigenvalue weighted by Gasteiger charge is -2.27. The minimum Gasteiger partial charge on any atom is -0.358 e. The van der Waals surface area contributed by atoms with Crippen LogP contribution in [-0.2, 0) is 0 Å². The summed E-state index contributed by atoms with van der Waals surface area (Å²) < 4.78 is 0. The first-order chi connectivity index (χ1) is 8.18. The summed E-state index contributed by atoms with van der Waals surface area (Å²) in [6, 6.07) is 2.69. The Hall–Kier alpha value is -2.02. The van der Waals surface area contributed by atoms with Gasteiger partial charge in [0.15, 0.2) is 6.20 Å². The van der Waals surface area contributed by atoms with Crippen LogP contribution in [0.25, 0.3) is 0 Å². The van der Waals surface area contributed by atoms with Crippen LogP contribution in [0.5, 0.6) is 0 Å². The van der Waals surface area contributed by atoms with Gasteiger partial charge in [-0.05, 0) is 16.0 Å². The van der Waals surface area contributed by atoms with Crippen LogP contribution in [0.3, 0.4) is 0 Å². The maximum atomic E-state index is 12.0. The van der Waals surface area contributed by atoms with Gasteiger partial charge in [-0.3, -0.25) is 4.79 Å². The summed E-state index contributed by atoms with van der Waals surface area (Å²) in [5.41, 5.74) is 0.387. The van der Waals surface area contributed by atoms with Gasteiger partial charge in [-0.25, -0.2) is 0 Å². The van der Waals surface area contributed by atoms with Crippen LogP contribution in [0.4, 0.5) is 5.82 Å². The highest BCUT2D eigenvalue weighted by Crippen LogP contribution is 2.10. The van der Waals surface area contributed by atoms with E-state index in [1.807, 2.05) is 0 Å². The number of pyridine rings is 1. The Balaban J connectivity index is 2.10. The normalized spacial score (nSPS) is 15.6. The fourth-order valence-electron chi connectivity index (χ4n) is 1.67. The maximum absolute atomic E-state index is 12.0. The van der Waals surface area contributed by atoms with E-state index < -0.39 is 4.92 Å². The van der Waals surface area contributed by atoms with Crippen LogP contribution in [0, 0.1) is 10.1 Å². The fraction of sp³-hybridized carbons (Fsp3) is 0.400. The van der Waals surface area contributed by atoms with Gasteiger partial charge >= 0.3 is 5.82 Å². The van der Waals surface area contributed by atoms with Crippen molar-refractivity contribution in [3.05, 3.63) is 34.0 Å². The van der Waals surface area contributed by atoms with E-state index in [2.05, 4.69) is 10.3 Å². The molecule has 90 valence electrons. The number of hydrogen-bond acceptors (Lipinski definition) is 5. The summed E-state index contributed by atoms with van der Waals surface area (Å²) >= 11 is 0. The number of nitro groups is 1.